The van der Waals surface area contributed by atoms with Gasteiger partial charge in [0, 0.05) is 18.0 Å². The third kappa shape index (κ3) is 4.03. The van der Waals surface area contributed by atoms with Crippen molar-refractivity contribution in [3.05, 3.63) is 35.7 Å². The number of benzene rings is 1. The summed E-state index contributed by atoms with van der Waals surface area (Å²) < 4.78 is 0.873. The molecule has 0 aliphatic rings. The van der Waals surface area contributed by atoms with Crippen LogP contribution in [0.15, 0.2) is 24.5 Å². The van der Waals surface area contributed by atoms with Gasteiger partial charge in [-0.1, -0.05) is 24.3 Å². The van der Waals surface area contributed by atoms with E-state index in [-0.39, 0.29) is 23.5 Å². The topological polar surface area (TPSA) is 130 Å². The Morgan fingerprint density at radius 1 is 1.33 bits per heavy atom. The van der Waals surface area contributed by atoms with E-state index in [1.807, 2.05) is 26.0 Å². The zero-order valence-corrected chi connectivity index (χ0v) is 16.1. The number of amides is 1. The minimum absolute atomic E-state index is 0.0827. The number of nitrogens with two attached hydrogens (primary N) is 1. The van der Waals surface area contributed by atoms with Crippen LogP contribution in [0.1, 0.15) is 38.3 Å². The van der Waals surface area contributed by atoms with E-state index in [2.05, 4.69) is 25.6 Å². The Kier molecular flexibility index (Phi) is 5.31. The third-order valence-corrected chi connectivity index (χ3v) is 4.73. The molecule has 9 heteroatoms. The summed E-state index contributed by atoms with van der Waals surface area (Å²) >= 11 is 1.37. The predicted molar refractivity (Wildman–Crippen MR) is 110 cm³/mol. The highest BCUT2D eigenvalue weighted by Gasteiger charge is 2.18. The first-order valence-corrected chi connectivity index (χ1v) is 9.37. The van der Waals surface area contributed by atoms with Crippen LogP contribution in [0.25, 0.3) is 10.2 Å². The van der Waals surface area contributed by atoms with Gasteiger partial charge in [-0.3, -0.25) is 10.2 Å². The number of rotatable bonds is 6. The Morgan fingerprint density at radius 2 is 2.11 bits per heavy atom. The van der Waals surface area contributed by atoms with E-state index >= 15 is 0 Å². The summed E-state index contributed by atoms with van der Waals surface area (Å²) in [5, 5.41) is 15.2. The van der Waals surface area contributed by atoms with Crippen molar-refractivity contribution in [3.63, 3.8) is 0 Å². The number of nitrogen functional groups attached to an aromatic ring is 1. The van der Waals surface area contributed by atoms with Gasteiger partial charge in [-0.15, -0.1) is 0 Å². The summed E-state index contributed by atoms with van der Waals surface area (Å²) in [7, 11) is 0. The van der Waals surface area contributed by atoms with Crippen LogP contribution >= 0.6 is 11.3 Å². The molecule has 140 valence electrons. The molecule has 1 amide bonds. The summed E-state index contributed by atoms with van der Waals surface area (Å²) in [4.78, 5) is 24.2. The molecule has 8 nitrogen and oxygen atoms in total. The smallest absolute Gasteiger partial charge is 0.225 e. The van der Waals surface area contributed by atoms with Gasteiger partial charge in [0.25, 0.3) is 0 Å². The van der Waals surface area contributed by atoms with E-state index in [1.165, 1.54) is 17.7 Å². The SMILES string of the molecule is CCC(=O)Nc1nc2ccc(C(=N)c3c(N)ncnc3NC(C)C)cc2s1. The van der Waals surface area contributed by atoms with Crippen molar-refractivity contribution in [2.24, 2.45) is 0 Å². The van der Waals surface area contributed by atoms with Crippen LogP contribution in [0, 0.1) is 5.41 Å². The number of hydrogen-bond acceptors (Lipinski definition) is 8. The maximum atomic E-state index is 11.6. The molecule has 2 aromatic heterocycles. The lowest BCUT2D eigenvalue weighted by molar-refractivity contribution is -0.115. The number of carbonyl (C=O) groups excluding carboxylic acids is 1. The maximum absolute atomic E-state index is 11.6. The summed E-state index contributed by atoms with van der Waals surface area (Å²) in [6.45, 7) is 5.76. The zero-order valence-electron chi connectivity index (χ0n) is 15.3. The average molecular weight is 383 g/mol. The van der Waals surface area contributed by atoms with Crippen molar-refractivity contribution in [1.29, 1.82) is 5.41 Å². The number of thiazole rings is 1. The van der Waals surface area contributed by atoms with Crippen LogP contribution in [0.2, 0.25) is 0 Å². The lowest BCUT2D eigenvalue weighted by atomic mass is 10.0. The normalized spacial score (nSPS) is 11.0. The monoisotopic (exact) mass is 383 g/mol. The molecule has 0 bridgehead atoms. The summed E-state index contributed by atoms with van der Waals surface area (Å²) in [6.07, 6.45) is 1.77. The van der Waals surface area contributed by atoms with Crippen LogP contribution in [0.3, 0.4) is 0 Å². The second-order valence-electron chi connectivity index (χ2n) is 6.26. The van der Waals surface area contributed by atoms with Gasteiger partial charge in [-0.2, -0.15) is 0 Å². The third-order valence-electron chi connectivity index (χ3n) is 3.80. The molecule has 1 aromatic carbocycles. The molecule has 3 rings (SSSR count). The molecule has 0 radical (unpaired) electrons. The van der Waals surface area contributed by atoms with E-state index < -0.39 is 0 Å². The number of nitrogens with zero attached hydrogens (tertiary/aromatic N) is 3. The molecule has 0 saturated heterocycles. The van der Waals surface area contributed by atoms with Gasteiger partial charge in [0.1, 0.15) is 18.0 Å². The fourth-order valence-corrected chi connectivity index (χ4v) is 3.44. The highest BCUT2D eigenvalue weighted by molar-refractivity contribution is 7.22. The van der Waals surface area contributed by atoms with Crippen LogP contribution in [-0.2, 0) is 4.79 Å². The Labute approximate surface area is 160 Å². The predicted octanol–water partition coefficient (Wildman–Crippen LogP) is 3.25. The van der Waals surface area contributed by atoms with Crippen molar-refractivity contribution < 1.29 is 4.79 Å². The Hall–Kier alpha value is -3.07. The fraction of sp³-hybridized carbons (Fsp3) is 0.278. The van der Waals surface area contributed by atoms with Gasteiger partial charge >= 0.3 is 0 Å². The van der Waals surface area contributed by atoms with Gasteiger partial charge in [0.15, 0.2) is 5.13 Å². The second kappa shape index (κ2) is 7.67. The number of aromatic nitrogens is 3. The quantitative estimate of drug-likeness (QED) is 0.483. The molecular formula is C18H21N7OS. The molecule has 27 heavy (non-hydrogen) atoms. The molecule has 0 unspecified atom stereocenters. The molecule has 0 aliphatic carbocycles. The van der Waals surface area contributed by atoms with Gasteiger partial charge < -0.3 is 16.4 Å². The minimum atomic E-state index is -0.0827. The minimum Gasteiger partial charge on any atom is -0.383 e. The maximum Gasteiger partial charge on any atom is 0.225 e. The first-order valence-electron chi connectivity index (χ1n) is 8.55. The largest absolute Gasteiger partial charge is 0.383 e. The molecule has 0 aliphatic heterocycles. The standard InChI is InChI=1S/C18H21N7OS/c1-4-13(26)25-18-24-11-6-5-10(7-12(11)27-18)15(19)14-16(20)21-8-22-17(14)23-9(2)3/h5-9,19H,4H2,1-3H3,(H,24,25,26)(H3,20,21,22,23). The van der Waals surface area contributed by atoms with Crippen molar-refractivity contribution in [2.75, 3.05) is 16.4 Å². The number of anilines is 3. The average Bonchev–Trinajstić information content (AvgIpc) is 3.02. The van der Waals surface area contributed by atoms with E-state index in [1.54, 1.807) is 13.0 Å². The number of hydrogen-bond donors (Lipinski definition) is 4. The van der Waals surface area contributed by atoms with Crippen molar-refractivity contribution in [1.82, 2.24) is 15.0 Å². The first-order chi connectivity index (χ1) is 12.9. The molecule has 0 atom stereocenters. The molecular weight excluding hydrogens is 362 g/mol. The van der Waals surface area contributed by atoms with Gasteiger partial charge in [0.05, 0.1) is 21.5 Å². The van der Waals surface area contributed by atoms with E-state index in [0.717, 1.165) is 10.2 Å². The van der Waals surface area contributed by atoms with Crippen LogP contribution < -0.4 is 16.4 Å². The molecule has 0 fully saturated rings. The van der Waals surface area contributed by atoms with Crippen LogP contribution in [0.4, 0.5) is 16.8 Å². The number of nitrogens with one attached hydrogen (secondary N) is 3. The molecule has 5 N–H and O–H groups in total. The second-order valence-corrected chi connectivity index (χ2v) is 7.29. The highest BCUT2D eigenvalue weighted by Crippen LogP contribution is 2.29. The number of fused-ring (bicyclic) bond motifs is 1. The lowest BCUT2D eigenvalue weighted by Crippen LogP contribution is -2.17. The Balaban J connectivity index is 1.98. The lowest BCUT2D eigenvalue weighted by Gasteiger charge is -2.15. The molecule has 0 saturated carbocycles. The van der Waals surface area contributed by atoms with Crippen LogP contribution in [0.5, 0.6) is 0 Å². The fourth-order valence-electron chi connectivity index (χ4n) is 2.51. The molecule has 0 spiro atoms. The van der Waals surface area contributed by atoms with Crippen molar-refractivity contribution in [2.45, 2.75) is 33.2 Å². The van der Waals surface area contributed by atoms with Crippen molar-refractivity contribution in [3.8, 4) is 0 Å². The van der Waals surface area contributed by atoms with Crippen molar-refractivity contribution >= 4 is 49.9 Å². The number of carbonyl (C=O) groups is 1. The highest BCUT2D eigenvalue weighted by atomic mass is 32.1. The Morgan fingerprint density at radius 3 is 2.81 bits per heavy atom. The summed E-state index contributed by atoms with van der Waals surface area (Å²) in [5.41, 5.74) is 8.17. The Bertz CT molecular complexity index is 1010. The molecule has 3 aromatic rings. The van der Waals surface area contributed by atoms with Gasteiger partial charge in [-0.05, 0) is 26.0 Å². The zero-order chi connectivity index (χ0) is 19.6. The summed E-state index contributed by atoms with van der Waals surface area (Å²) in [5.74, 6) is 0.696. The van der Waals surface area contributed by atoms with Gasteiger partial charge in [-0.25, -0.2) is 15.0 Å². The van der Waals surface area contributed by atoms with Crippen LogP contribution in [-0.4, -0.2) is 32.6 Å². The molecule has 2 heterocycles. The summed E-state index contributed by atoms with van der Waals surface area (Å²) in [6, 6.07) is 5.64. The van der Waals surface area contributed by atoms with E-state index in [0.29, 0.717) is 28.5 Å². The first kappa shape index (κ1) is 18.7. The van der Waals surface area contributed by atoms with Gasteiger partial charge in [0.2, 0.25) is 5.91 Å². The van der Waals surface area contributed by atoms with E-state index in [4.69, 9.17) is 11.1 Å². The van der Waals surface area contributed by atoms with E-state index in [9.17, 15) is 4.79 Å².